The highest BCUT2D eigenvalue weighted by molar-refractivity contribution is 9.10. The van der Waals surface area contributed by atoms with E-state index < -0.39 is 5.91 Å². The third-order valence-corrected chi connectivity index (χ3v) is 5.53. The van der Waals surface area contributed by atoms with E-state index in [1.54, 1.807) is 28.9 Å². The summed E-state index contributed by atoms with van der Waals surface area (Å²) in [6, 6.07) is 20.7. The maximum atomic E-state index is 12.8. The Labute approximate surface area is 187 Å². The van der Waals surface area contributed by atoms with E-state index in [0.717, 1.165) is 21.3 Å². The zero-order chi connectivity index (χ0) is 21.3. The molecule has 0 saturated carbocycles. The Hall–Kier alpha value is -2.96. The first-order chi connectivity index (χ1) is 14.4. The van der Waals surface area contributed by atoms with Crippen molar-refractivity contribution in [2.75, 3.05) is 5.32 Å². The fraction of sp³-hybridized carbons (Fsp3) is 0.0870. The first-order valence-electron chi connectivity index (χ1n) is 9.28. The number of hydrogen-bond acceptors (Lipinski definition) is 3. The fourth-order valence-corrected chi connectivity index (χ4v) is 3.34. The average molecular weight is 482 g/mol. The Bertz CT molecular complexity index is 1220. The van der Waals surface area contributed by atoms with Gasteiger partial charge < -0.3 is 5.32 Å². The minimum atomic E-state index is -0.390. The molecule has 0 fully saturated rings. The van der Waals surface area contributed by atoms with E-state index in [1.807, 2.05) is 49.4 Å². The van der Waals surface area contributed by atoms with Crippen LogP contribution in [0.5, 0.6) is 0 Å². The molecule has 0 aliphatic rings. The van der Waals surface area contributed by atoms with Gasteiger partial charge in [-0.05, 0) is 73.5 Å². The Morgan fingerprint density at radius 1 is 0.967 bits per heavy atom. The molecule has 0 unspecified atom stereocenters. The van der Waals surface area contributed by atoms with Gasteiger partial charge in [0.25, 0.3) is 5.91 Å². The van der Waals surface area contributed by atoms with Crippen molar-refractivity contribution in [3.63, 3.8) is 0 Å². The van der Waals surface area contributed by atoms with Crippen molar-refractivity contribution in [2.45, 2.75) is 13.8 Å². The van der Waals surface area contributed by atoms with Gasteiger partial charge in [0.15, 0.2) is 5.82 Å². The van der Waals surface area contributed by atoms with Gasteiger partial charge in [-0.3, -0.25) is 4.79 Å². The van der Waals surface area contributed by atoms with E-state index in [4.69, 9.17) is 11.6 Å². The minimum absolute atomic E-state index is 0.0843. The highest BCUT2D eigenvalue weighted by Crippen LogP contribution is 2.25. The number of nitrogens with one attached hydrogen (secondary N) is 1. The molecule has 0 spiro atoms. The summed E-state index contributed by atoms with van der Waals surface area (Å²) in [5, 5.41) is 7.93. The molecule has 7 heteroatoms. The Balaban J connectivity index is 1.76. The first kappa shape index (κ1) is 20.3. The molecular formula is C23H18BrClN4O. The van der Waals surface area contributed by atoms with Crippen LogP contribution >= 0.6 is 27.5 Å². The fourth-order valence-electron chi connectivity index (χ4n) is 2.95. The van der Waals surface area contributed by atoms with Crippen LogP contribution in [0.2, 0.25) is 5.02 Å². The topological polar surface area (TPSA) is 59.8 Å². The van der Waals surface area contributed by atoms with Crippen LogP contribution in [0.4, 0.5) is 5.69 Å². The molecule has 5 nitrogen and oxygen atoms in total. The van der Waals surface area contributed by atoms with E-state index in [1.165, 1.54) is 5.56 Å². The Morgan fingerprint density at radius 2 is 1.67 bits per heavy atom. The number of aryl methyl sites for hydroxylation is 2. The van der Waals surface area contributed by atoms with Crippen molar-refractivity contribution < 1.29 is 4.79 Å². The van der Waals surface area contributed by atoms with Gasteiger partial charge in [-0.1, -0.05) is 45.7 Å². The van der Waals surface area contributed by atoms with Crippen LogP contribution in [0.15, 0.2) is 71.2 Å². The second-order valence-electron chi connectivity index (χ2n) is 6.91. The molecule has 0 bridgehead atoms. The van der Waals surface area contributed by atoms with Gasteiger partial charge in [0.2, 0.25) is 5.82 Å². The molecule has 0 aliphatic heterocycles. The van der Waals surface area contributed by atoms with E-state index >= 15 is 0 Å². The molecule has 1 heterocycles. The van der Waals surface area contributed by atoms with Crippen LogP contribution < -0.4 is 5.32 Å². The lowest BCUT2D eigenvalue weighted by atomic mass is 10.1. The number of aromatic nitrogens is 3. The molecule has 1 aromatic heterocycles. The van der Waals surface area contributed by atoms with Crippen molar-refractivity contribution in [1.29, 1.82) is 0 Å². The van der Waals surface area contributed by atoms with Crippen LogP contribution in [0.25, 0.3) is 17.1 Å². The first-order valence-corrected chi connectivity index (χ1v) is 10.5. The summed E-state index contributed by atoms with van der Waals surface area (Å²) in [7, 11) is 0. The van der Waals surface area contributed by atoms with E-state index in [-0.39, 0.29) is 5.82 Å². The second kappa shape index (κ2) is 8.42. The van der Waals surface area contributed by atoms with Crippen molar-refractivity contribution in [2.24, 2.45) is 0 Å². The molecule has 3 aromatic carbocycles. The summed E-state index contributed by atoms with van der Waals surface area (Å²) < 4.78 is 2.66. The zero-order valence-electron chi connectivity index (χ0n) is 16.4. The molecule has 4 aromatic rings. The van der Waals surface area contributed by atoms with Crippen molar-refractivity contribution in [3.8, 4) is 17.1 Å². The van der Waals surface area contributed by atoms with Gasteiger partial charge in [-0.25, -0.2) is 9.67 Å². The minimum Gasteiger partial charge on any atom is -0.319 e. The smallest absolute Gasteiger partial charge is 0.295 e. The van der Waals surface area contributed by atoms with Gasteiger partial charge in [0.05, 0.1) is 5.69 Å². The largest absolute Gasteiger partial charge is 0.319 e. The van der Waals surface area contributed by atoms with Gasteiger partial charge in [0.1, 0.15) is 0 Å². The Kier molecular flexibility index (Phi) is 5.70. The number of benzene rings is 3. The second-order valence-corrected chi connectivity index (χ2v) is 8.26. The van der Waals surface area contributed by atoms with Crippen molar-refractivity contribution in [3.05, 3.63) is 93.2 Å². The van der Waals surface area contributed by atoms with E-state index in [9.17, 15) is 4.79 Å². The lowest BCUT2D eigenvalue weighted by Gasteiger charge is -2.08. The normalized spacial score (nSPS) is 10.8. The van der Waals surface area contributed by atoms with Crippen molar-refractivity contribution >= 4 is 39.1 Å². The SMILES string of the molecule is Cc1ccc(-n2nc(C(=O)Nc3ccc(Cl)cc3)nc2-c2ccc(Br)cc2)cc1C. The summed E-state index contributed by atoms with van der Waals surface area (Å²) in [6.07, 6.45) is 0. The molecule has 30 heavy (non-hydrogen) atoms. The van der Waals surface area contributed by atoms with Gasteiger partial charge in [0, 0.05) is 20.7 Å². The number of nitrogens with zero attached hydrogens (tertiary/aromatic N) is 3. The van der Waals surface area contributed by atoms with Crippen LogP contribution in [0.3, 0.4) is 0 Å². The lowest BCUT2D eigenvalue weighted by Crippen LogP contribution is -2.14. The molecule has 4 rings (SSSR count). The lowest BCUT2D eigenvalue weighted by molar-refractivity contribution is 0.101. The molecule has 0 saturated heterocycles. The third-order valence-electron chi connectivity index (χ3n) is 4.75. The average Bonchev–Trinajstić information content (AvgIpc) is 3.18. The quantitative estimate of drug-likeness (QED) is 0.376. The third kappa shape index (κ3) is 4.30. The van der Waals surface area contributed by atoms with Crippen LogP contribution in [0.1, 0.15) is 21.7 Å². The molecule has 0 aliphatic carbocycles. The number of carbonyl (C=O) groups is 1. The van der Waals surface area contributed by atoms with E-state index in [0.29, 0.717) is 16.5 Å². The van der Waals surface area contributed by atoms with Gasteiger partial charge >= 0.3 is 0 Å². The highest BCUT2D eigenvalue weighted by atomic mass is 79.9. The summed E-state index contributed by atoms with van der Waals surface area (Å²) in [5.74, 6) is 0.284. The summed E-state index contributed by atoms with van der Waals surface area (Å²) in [4.78, 5) is 17.4. The predicted octanol–water partition coefficient (Wildman–Crippen LogP) is 6.22. The van der Waals surface area contributed by atoms with Crippen LogP contribution in [-0.2, 0) is 0 Å². The van der Waals surface area contributed by atoms with Crippen molar-refractivity contribution in [1.82, 2.24) is 14.8 Å². The number of amides is 1. The maximum Gasteiger partial charge on any atom is 0.295 e. The monoisotopic (exact) mass is 480 g/mol. The molecule has 0 atom stereocenters. The van der Waals surface area contributed by atoms with E-state index in [2.05, 4.69) is 38.3 Å². The van der Waals surface area contributed by atoms with Gasteiger partial charge in [-0.15, -0.1) is 5.10 Å². The van der Waals surface area contributed by atoms with Gasteiger partial charge in [-0.2, -0.15) is 0 Å². The number of halogens is 2. The number of rotatable bonds is 4. The number of carbonyl (C=O) groups excluding carboxylic acids is 1. The molecule has 1 amide bonds. The maximum absolute atomic E-state index is 12.8. The number of hydrogen-bond donors (Lipinski definition) is 1. The number of anilines is 1. The predicted molar refractivity (Wildman–Crippen MR) is 123 cm³/mol. The van der Waals surface area contributed by atoms with Crippen LogP contribution in [-0.4, -0.2) is 20.7 Å². The molecular weight excluding hydrogens is 464 g/mol. The summed E-state index contributed by atoms with van der Waals surface area (Å²) in [6.45, 7) is 4.10. The molecule has 150 valence electrons. The summed E-state index contributed by atoms with van der Waals surface area (Å²) >= 11 is 9.37. The summed E-state index contributed by atoms with van der Waals surface area (Å²) in [5.41, 5.74) is 4.64. The molecule has 1 N–H and O–H groups in total. The molecule has 0 radical (unpaired) electrons. The standard InChI is InChI=1S/C23H18BrClN4O/c1-14-3-12-20(13-15(14)2)29-22(16-4-6-17(24)7-5-16)27-21(28-29)23(30)26-19-10-8-18(25)9-11-19/h3-13H,1-2H3,(H,26,30). The van der Waals surface area contributed by atoms with Crippen LogP contribution in [0, 0.1) is 13.8 Å². The zero-order valence-corrected chi connectivity index (χ0v) is 18.7. The Morgan fingerprint density at radius 3 is 2.33 bits per heavy atom. The highest BCUT2D eigenvalue weighted by Gasteiger charge is 2.19.